The van der Waals surface area contributed by atoms with Crippen molar-refractivity contribution in [3.8, 4) is 6.07 Å². The van der Waals surface area contributed by atoms with E-state index in [1.54, 1.807) is 11.8 Å². The fourth-order valence-electron chi connectivity index (χ4n) is 0.993. The summed E-state index contributed by atoms with van der Waals surface area (Å²) in [5.41, 5.74) is 1.08. The highest BCUT2D eigenvalue weighted by molar-refractivity contribution is 8.00. The van der Waals surface area contributed by atoms with Gasteiger partial charge in [-0.1, -0.05) is 12.1 Å². The van der Waals surface area contributed by atoms with Crippen LogP contribution in [0, 0.1) is 11.3 Å². The molecule has 1 aromatic carbocycles. The third kappa shape index (κ3) is 2.67. The number of benzene rings is 1. The van der Waals surface area contributed by atoms with Crippen molar-refractivity contribution in [2.45, 2.75) is 17.1 Å². The molecular formula is C10H12N2S. The average molecular weight is 192 g/mol. The SMILES string of the molecule is CNc1ccccc1SC(C)C#N. The minimum absolute atomic E-state index is 0.00509. The first-order chi connectivity index (χ1) is 6.27. The maximum absolute atomic E-state index is 8.67. The third-order valence-corrected chi connectivity index (χ3v) is 2.71. The van der Waals surface area contributed by atoms with Crippen LogP contribution >= 0.6 is 11.8 Å². The molecule has 0 aliphatic heterocycles. The van der Waals surface area contributed by atoms with Gasteiger partial charge in [0.2, 0.25) is 0 Å². The molecule has 0 saturated heterocycles. The van der Waals surface area contributed by atoms with Gasteiger partial charge < -0.3 is 5.32 Å². The largest absolute Gasteiger partial charge is 0.387 e. The van der Waals surface area contributed by atoms with Crippen molar-refractivity contribution < 1.29 is 0 Å². The monoisotopic (exact) mass is 192 g/mol. The number of nitriles is 1. The fourth-order valence-corrected chi connectivity index (χ4v) is 1.88. The van der Waals surface area contributed by atoms with Crippen LogP contribution in [0.2, 0.25) is 0 Å². The summed E-state index contributed by atoms with van der Waals surface area (Å²) in [6.45, 7) is 1.90. The van der Waals surface area contributed by atoms with Crippen molar-refractivity contribution in [3.63, 3.8) is 0 Å². The van der Waals surface area contributed by atoms with Crippen LogP contribution in [0.5, 0.6) is 0 Å². The number of anilines is 1. The van der Waals surface area contributed by atoms with Crippen molar-refractivity contribution in [2.75, 3.05) is 12.4 Å². The zero-order valence-electron chi connectivity index (χ0n) is 7.74. The van der Waals surface area contributed by atoms with E-state index in [9.17, 15) is 0 Å². The summed E-state index contributed by atoms with van der Waals surface area (Å²) in [6.07, 6.45) is 0. The van der Waals surface area contributed by atoms with Crippen molar-refractivity contribution in [1.29, 1.82) is 5.26 Å². The smallest absolute Gasteiger partial charge is 0.0936 e. The molecule has 0 fully saturated rings. The first-order valence-electron chi connectivity index (χ1n) is 4.11. The third-order valence-electron chi connectivity index (χ3n) is 1.64. The molecule has 0 spiro atoms. The molecule has 1 atom stereocenters. The fraction of sp³-hybridized carbons (Fsp3) is 0.300. The lowest BCUT2D eigenvalue weighted by Crippen LogP contribution is -1.94. The Hall–Kier alpha value is -1.14. The number of rotatable bonds is 3. The van der Waals surface area contributed by atoms with Crippen molar-refractivity contribution in [3.05, 3.63) is 24.3 Å². The summed E-state index contributed by atoms with van der Waals surface area (Å²) in [5, 5.41) is 11.8. The molecule has 13 heavy (non-hydrogen) atoms. The molecule has 0 radical (unpaired) electrons. The highest BCUT2D eigenvalue weighted by atomic mass is 32.2. The van der Waals surface area contributed by atoms with Crippen LogP contribution in [0.4, 0.5) is 5.69 Å². The van der Waals surface area contributed by atoms with E-state index in [1.165, 1.54) is 0 Å². The average Bonchev–Trinajstić information content (AvgIpc) is 2.18. The summed E-state index contributed by atoms with van der Waals surface area (Å²) in [6, 6.07) is 10.2. The molecule has 0 aliphatic rings. The summed E-state index contributed by atoms with van der Waals surface area (Å²) in [4.78, 5) is 1.12. The Morgan fingerprint density at radius 2 is 2.15 bits per heavy atom. The first-order valence-corrected chi connectivity index (χ1v) is 4.99. The van der Waals surface area contributed by atoms with E-state index in [0.717, 1.165) is 10.6 Å². The molecule has 0 aromatic heterocycles. The van der Waals surface area contributed by atoms with Crippen LogP contribution in [0.1, 0.15) is 6.92 Å². The lowest BCUT2D eigenvalue weighted by Gasteiger charge is -2.08. The molecule has 0 saturated carbocycles. The molecule has 1 N–H and O–H groups in total. The predicted octanol–water partition coefficient (Wildman–Crippen LogP) is 2.73. The Kier molecular flexibility index (Phi) is 3.66. The van der Waals surface area contributed by atoms with Crippen molar-refractivity contribution >= 4 is 17.4 Å². The first kappa shape index (κ1) is 9.94. The maximum atomic E-state index is 8.67. The van der Waals surface area contributed by atoms with E-state index < -0.39 is 0 Å². The number of hydrogen-bond donors (Lipinski definition) is 1. The van der Waals surface area contributed by atoms with Gasteiger partial charge in [-0.3, -0.25) is 0 Å². The second-order valence-electron chi connectivity index (χ2n) is 2.64. The number of hydrogen-bond acceptors (Lipinski definition) is 3. The van der Waals surface area contributed by atoms with Crippen LogP contribution in [0.15, 0.2) is 29.2 Å². The molecular weight excluding hydrogens is 180 g/mol. The molecule has 0 bridgehead atoms. The molecule has 1 aromatic rings. The second-order valence-corrected chi connectivity index (χ2v) is 4.02. The number of thioether (sulfide) groups is 1. The van der Waals surface area contributed by atoms with Gasteiger partial charge in [-0.25, -0.2) is 0 Å². The van der Waals surface area contributed by atoms with E-state index in [2.05, 4.69) is 11.4 Å². The van der Waals surface area contributed by atoms with Gasteiger partial charge in [-0.2, -0.15) is 5.26 Å². The highest BCUT2D eigenvalue weighted by Gasteiger charge is 2.05. The normalized spacial score (nSPS) is 11.8. The lowest BCUT2D eigenvalue weighted by atomic mass is 10.3. The van der Waals surface area contributed by atoms with Gasteiger partial charge in [0.15, 0.2) is 0 Å². The summed E-state index contributed by atoms with van der Waals surface area (Å²) >= 11 is 1.57. The van der Waals surface area contributed by atoms with Crippen LogP contribution < -0.4 is 5.32 Å². The Bertz CT molecular complexity index is 317. The molecule has 1 rings (SSSR count). The van der Waals surface area contributed by atoms with Crippen molar-refractivity contribution in [1.82, 2.24) is 0 Å². The maximum Gasteiger partial charge on any atom is 0.0936 e. The van der Waals surface area contributed by atoms with E-state index in [1.807, 2.05) is 38.2 Å². The zero-order valence-corrected chi connectivity index (χ0v) is 8.56. The lowest BCUT2D eigenvalue weighted by molar-refractivity contribution is 1.23. The van der Waals surface area contributed by atoms with Crippen LogP contribution in [0.3, 0.4) is 0 Å². The summed E-state index contributed by atoms with van der Waals surface area (Å²) in [5.74, 6) is 0. The van der Waals surface area contributed by atoms with Crippen LogP contribution in [0.25, 0.3) is 0 Å². The number of nitrogens with zero attached hydrogens (tertiary/aromatic N) is 1. The zero-order chi connectivity index (χ0) is 9.68. The Balaban J connectivity index is 2.82. The molecule has 1 unspecified atom stereocenters. The minimum Gasteiger partial charge on any atom is -0.387 e. The minimum atomic E-state index is -0.00509. The summed E-state index contributed by atoms with van der Waals surface area (Å²) in [7, 11) is 1.89. The predicted molar refractivity (Wildman–Crippen MR) is 56.9 cm³/mol. The second kappa shape index (κ2) is 4.78. The van der Waals surface area contributed by atoms with E-state index in [0.29, 0.717) is 0 Å². The Morgan fingerprint density at radius 1 is 1.46 bits per heavy atom. The molecule has 3 heteroatoms. The van der Waals surface area contributed by atoms with Crippen molar-refractivity contribution in [2.24, 2.45) is 0 Å². The molecule has 0 amide bonds. The highest BCUT2D eigenvalue weighted by Crippen LogP contribution is 2.29. The van der Waals surface area contributed by atoms with Gasteiger partial charge in [0.05, 0.1) is 11.3 Å². The summed E-state index contributed by atoms with van der Waals surface area (Å²) < 4.78 is 0. The van der Waals surface area contributed by atoms with Gasteiger partial charge in [0, 0.05) is 17.6 Å². The van der Waals surface area contributed by atoms with Gasteiger partial charge in [0.25, 0.3) is 0 Å². The molecule has 0 aliphatic carbocycles. The van der Waals surface area contributed by atoms with Crippen LogP contribution in [-0.2, 0) is 0 Å². The van der Waals surface area contributed by atoms with E-state index >= 15 is 0 Å². The van der Waals surface area contributed by atoms with E-state index in [-0.39, 0.29) is 5.25 Å². The van der Waals surface area contributed by atoms with Gasteiger partial charge in [-0.15, -0.1) is 11.8 Å². The van der Waals surface area contributed by atoms with Gasteiger partial charge in [0.1, 0.15) is 0 Å². The topological polar surface area (TPSA) is 35.8 Å². The Labute approximate surface area is 83.0 Å². The van der Waals surface area contributed by atoms with Gasteiger partial charge >= 0.3 is 0 Å². The molecule has 2 nitrogen and oxygen atoms in total. The van der Waals surface area contributed by atoms with Gasteiger partial charge in [-0.05, 0) is 19.1 Å². The molecule has 68 valence electrons. The standard InChI is InChI=1S/C10H12N2S/c1-8(7-11)13-10-6-4-3-5-9(10)12-2/h3-6,8,12H,1-2H3. The number of para-hydroxylation sites is 1. The number of nitrogens with one attached hydrogen (secondary N) is 1. The Morgan fingerprint density at radius 3 is 2.77 bits per heavy atom. The quantitative estimate of drug-likeness (QED) is 0.748. The van der Waals surface area contributed by atoms with Crippen LogP contribution in [-0.4, -0.2) is 12.3 Å². The molecule has 0 heterocycles. The van der Waals surface area contributed by atoms with E-state index in [4.69, 9.17) is 5.26 Å².